The maximum atomic E-state index is 13.1. The van der Waals surface area contributed by atoms with E-state index in [0.29, 0.717) is 0 Å². The fraction of sp³-hybridized carbons (Fsp3) is 0.579. The van der Waals surface area contributed by atoms with Crippen molar-refractivity contribution in [2.24, 2.45) is 23.2 Å². The van der Waals surface area contributed by atoms with Crippen LogP contribution >= 0.6 is 11.3 Å². The van der Waals surface area contributed by atoms with Gasteiger partial charge in [0.25, 0.3) is 0 Å². The summed E-state index contributed by atoms with van der Waals surface area (Å²) in [5.74, 6) is 2.69. The van der Waals surface area contributed by atoms with Crippen molar-refractivity contribution >= 4 is 33.1 Å². The summed E-state index contributed by atoms with van der Waals surface area (Å²) >= 11 is 1.69. The van der Waals surface area contributed by atoms with Crippen LogP contribution in [0.5, 0.6) is 0 Å². The number of amides is 1. The van der Waals surface area contributed by atoms with Crippen LogP contribution in [0.25, 0.3) is 10.2 Å². The summed E-state index contributed by atoms with van der Waals surface area (Å²) in [7, 11) is 0. The van der Waals surface area contributed by atoms with E-state index in [-0.39, 0.29) is 11.3 Å². The van der Waals surface area contributed by atoms with Gasteiger partial charge in [-0.1, -0.05) is 0 Å². The molecule has 0 spiro atoms. The van der Waals surface area contributed by atoms with Crippen molar-refractivity contribution in [1.29, 1.82) is 0 Å². The molecule has 23 heavy (non-hydrogen) atoms. The molecule has 4 heteroatoms. The molecule has 0 unspecified atom stereocenters. The molecule has 4 bridgehead atoms. The van der Waals surface area contributed by atoms with Gasteiger partial charge >= 0.3 is 0 Å². The van der Waals surface area contributed by atoms with Crippen LogP contribution in [0.1, 0.15) is 43.5 Å². The Labute approximate surface area is 140 Å². The number of nitrogens with zero attached hydrogens (tertiary/aromatic N) is 1. The van der Waals surface area contributed by atoms with Crippen molar-refractivity contribution in [2.75, 3.05) is 5.32 Å². The van der Waals surface area contributed by atoms with Crippen LogP contribution < -0.4 is 5.32 Å². The van der Waals surface area contributed by atoms with Gasteiger partial charge in [-0.2, -0.15) is 0 Å². The number of rotatable bonds is 2. The summed E-state index contributed by atoms with van der Waals surface area (Å²) in [4.78, 5) is 17.6. The molecule has 0 saturated heterocycles. The third-order valence-corrected chi connectivity index (χ3v) is 7.21. The summed E-state index contributed by atoms with van der Waals surface area (Å²) in [5, 5.41) is 4.31. The SMILES string of the molecule is Cc1nc2ccc(NC(=O)C34CC5CC(CC(C5)C3)C4)cc2s1. The van der Waals surface area contributed by atoms with Crippen molar-refractivity contribution < 1.29 is 4.79 Å². The third kappa shape index (κ3) is 2.22. The van der Waals surface area contributed by atoms with Crippen LogP contribution in [-0.4, -0.2) is 10.9 Å². The third-order valence-electron chi connectivity index (χ3n) is 6.27. The number of aromatic nitrogens is 1. The van der Waals surface area contributed by atoms with Gasteiger partial charge in [-0.15, -0.1) is 11.3 Å². The predicted octanol–water partition coefficient (Wildman–Crippen LogP) is 4.76. The van der Waals surface area contributed by atoms with E-state index in [2.05, 4.69) is 16.4 Å². The van der Waals surface area contributed by atoms with Gasteiger partial charge < -0.3 is 5.32 Å². The number of benzene rings is 1. The molecule has 1 aromatic heterocycles. The maximum absolute atomic E-state index is 13.1. The Kier molecular flexibility index (Phi) is 2.91. The highest BCUT2D eigenvalue weighted by molar-refractivity contribution is 7.18. The van der Waals surface area contributed by atoms with Gasteiger partial charge in [0.2, 0.25) is 5.91 Å². The van der Waals surface area contributed by atoms with Gasteiger partial charge in [0.05, 0.1) is 20.6 Å². The molecule has 1 N–H and O–H groups in total. The lowest BCUT2D eigenvalue weighted by atomic mass is 9.49. The maximum Gasteiger partial charge on any atom is 0.230 e. The van der Waals surface area contributed by atoms with Crippen LogP contribution in [0.4, 0.5) is 5.69 Å². The quantitative estimate of drug-likeness (QED) is 0.864. The second-order valence-corrected chi connectivity index (χ2v) is 9.30. The van der Waals surface area contributed by atoms with E-state index in [1.54, 1.807) is 11.3 Å². The molecule has 4 aliphatic carbocycles. The van der Waals surface area contributed by atoms with Gasteiger partial charge in [0.1, 0.15) is 0 Å². The summed E-state index contributed by atoms with van der Waals surface area (Å²) < 4.78 is 1.16. The minimum absolute atomic E-state index is 0.0761. The zero-order valence-electron chi connectivity index (χ0n) is 13.5. The number of aryl methyl sites for hydroxylation is 1. The monoisotopic (exact) mass is 326 g/mol. The second kappa shape index (κ2) is 4.79. The van der Waals surface area contributed by atoms with Crippen molar-refractivity contribution in [3.8, 4) is 0 Å². The number of hydrogen-bond acceptors (Lipinski definition) is 3. The van der Waals surface area contributed by atoms with Crippen LogP contribution in [-0.2, 0) is 4.79 Å². The Morgan fingerprint density at radius 1 is 1.17 bits per heavy atom. The lowest BCUT2D eigenvalue weighted by molar-refractivity contribution is -0.140. The van der Waals surface area contributed by atoms with E-state index in [4.69, 9.17) is 0 Å². The fourth-order valence-electron chi connectivity index (χ4n) is 5.77. The first kappa shape index (κ1) is 14.0. The van der Waals surface area contributed by atoms with Crippen LogP contribution in [0.15, 0.2) is 18.2 Å². The normalized spacial score (nSPS) is 34.9. The molecule has 1 amide bonds. The molecule has 6 rings (SSSR count). The predicted molar refractivity (Wildman–Crippen MR) is 93.6 cm³/mol. The van der Waals surface area contributed by atoms with E-state index in [1.165, 1.54) is 19.3 Å². The average Bonchev–Trinajstić information content (AvgIpc) is 2.85. The standard InChI is InChI=1S/C19H22N2OS/c1-11-20-16-3-2-15(7-17(16)23-11)21-18(22)19-8-12-4-13(9-19)6-14(5-12)10-19/h2-3,7,12-14H,4-6,8-10H2,1H3,(H,21,22). The number of carbonyl (C=O) groups excluding carboxylic acids is 1. The number of hydrogen-bond donors (Lipinski definition) is 1. The van der Waals surface area contributed by atoms with E-state index in [0.717, 1.165) is 57.9 Å². The molecule has 0 radical (unpaired) electrons. The number of anilines is 1. The first-order chi connectivity index (χ1) is 11.1. The van der Waals surface area contributed by atoms with Crippen LogP contribution in [0.2, 0.25) is 0 Å². The minimum Gasteiger partial charge on any atom is -0.326 e. The molecule has 120 valence electrons. The molecule has 4 saturated carbocycles. The fourth-order valence-corrected chi connectivity index (χ4v) is 6.64. The number of fused-ring (bicyclic) bond motifs is 1. The molecule has 1 aromatic carbocycles. The smallest absolute Gasteiger partial charge is 0.230 e. The molecule has 1 heterocycles. The van der Waals surface area contributed by atoms with Crippen molar-refractivity contribution in [1.82, 2.24) is 4.98 Å². The van der Waals surface area contributed by atoms with Gasteiger partial charge in [0, 0.05) is 5.69 Å². The first-order valence-electron chi connectivity index (χ1n) is 8.78. The Bertz CT molecular complexity index is 758. The van der Waals surface area contributed by atoms with Crippen molar-refractivity contribution in [3.05, 3.63) is 23.2 Å². The number of thiazole rings is 1. The van der Waals surface area contributed by atoms with E-state index in [1.807, 2.05) is 19.1 Å². The van der Waals surface area contributed by atoms with Gasteiger partial charge in [-0.25, -0.2) is 4.98 Å². The lowest BCUT2D eigenvalue weighted by Gasteiger charge is -2.55. The minimum atomic E-state index is -0.0761. The highest BCUT2D eigenvalue weighted by Crippen LogP contribution is 2.60. The molecule has 3 nitrogen and oxygen atoms in total. The van der Waals surface area contributed by atoms with Crippen molar-refractivity contribution in [3.63, 3.8) is 0 Å². The van der Waals surface area contributed by atoms with E-state index < -0.39 is 0 Å². The average molecular weight is 326 g/mol. The Balaban J connectivity index is 1.41. The highest BCUT2D eigenvalue weighted by atomic mass is 32.1. The zero-order chi connectivity index (χ0) is 15.6. The highest BCUT2D eigenvalue weighted by Gasteiger charge is 2.54. The number of nitrogens with one attached hydrogen (secondary N) is 1. The van der Waals surface area contributed by atoms with Crippen LogP contribution in [0.3, 0.4) is 0 Å². The summed E-state index contributed by atoms with van der Waals surface area (Å²) in [5.41, 5.74) is 1.88. The summed E-state index contributed by atoms with van der Waals surface area (Å²) in [6, 6.07) is 6.10. The largest absolute Gasteiger partial charge is 0.326 e. The molecular weight excluding hydrogens is 304 g/mol. The molecule has 4 aliphatic rings. The Morgan fingerprint density at radius 2 is 1.83 bits per heavy atom. The summed E-state index contributed by atoms with van der Waals surface area (Å²) in [6.07, 6.45) is 7.47. The van der Waals surface area contributed by atoms with Crippen LogP contribution in [0, 0.1) is 30.1 Å². The summed E-state index contributed by atoms with van der Waals surface area (Å²) in [6.45, 7) is 2.03. The lowest BCUT2D eigenvalue weighted by Crippen LogP contribution is -2.51. The van der Waals surface area contributed by atoms with E-state index in [9.17, 15) is 4.79 Å². The van der Waals surface area contributed by atoms with Gasteiger partial charge in [0.15, 0.2) is 0 Å². The molecule has 4 fully saturated rings. The second-order valence-electron chi connectivity index (χ2n) is 8.07. The Morgan fingerprint density at radius 3 is 2.48 bits per heavy atom. The zero-order valence-corrected chi connectivity index (χ0v) is 14.3. The first-order valence-corrected chi connectivity index (χ1v) is 9.60. The molecular formula is C19H22N2OS. The molecule has 0 aliphatic heterocycles. The van der Waals surface area contributed by atoms with Crippen molar-refractivity contribution in [2.45, 2.75) is 45.4 Å². The Hall–Kier alpha value is -1.42. The van der Waals surface area contributed by atoms with Gasteiger partial charge in [-0.3, -0.25) is 4.79 Å². The topological polar surface area (TPSA) is 42.0 Å². The molecule has 2 aromatic rings. The van der Waals surface area contributed by atoms with E-state index >= 15 is 0 Å². The molecule has 0 atom stereocenters. The van der Waals surface area contributed by atoms with Gasteiger partial charge in [-0.05, 0) is 81.4 Å². The number of carbonyl (C=O) groups is 1.